The molecular formula is C22H24N2O5. The van der Waals surface area contributed by atoms with Crippen molar-refractivity contribution in [3.63, 3.8) is 0 Å². The van der Waals surface area contributed by atoms with Crippen molar-refractivity contribution in [3.05, 3.63) is 52.7 Å². The van der Waals surface area contributed by atoms with Gasteiger partial charge in [-0.15, -0.1) is 0 Å². The number of phenols is 2. The minimum atomic E-state index is -0.397. The molecule has 2 N–H and O–H groups in total. The van der Waals surface area contributed by atoms with Crippen molar-refractivity contribution in [3.8, 4) is 28.6 Å². The zero-order valence-corrected chi connectivity index (χ0v) is 16.3. The van der Waals surface area contributed by atoms with Crippen LogP contribution < -0.4 is 10.2 Å². The summed E-state index contributed by atoms with van der Waals surface area (Å²) in [6.07, 6.45) is 0. The van der Waals surface area contributed by atoms with E-state index < -0.39 is 5.43 Å². The highest BCUT2D eigenvalue weighted by Crippen LogP contribution is 2.40. The Morgan fingerprint density at radius 1 is 1.03 bits per heavy atom. The summed E-state index contributed by atoms with van der Waals surface area (Å²) in [6, 6.07) is 11.6. The molecule has 152 valence electrons. The fraction of sp³-hybridized carbons (Fsp3) is 0.318. The highest BCUT2D eigenvalue weighted by Gasteiger charge is 2.20. The summed E-state index contributed by atoms with van der Waals surface area (Å²) >= 11 is 0. The molecule has 2 aromatic carbocycles. The van der Waals surface area contributed by atoms with Crippen molar-refractivity contribution in [1.29, 1.82) is 0 Å². The summed E-state index contributed by atoms with van der Waals surface area (Å²) in [5.41, 5.74) is 0.372. The van der Waals surface area contributed by atoms with Crippen LogP contribution in [0.2, 0.25) is 0 Å². The minimum Gasteiger partial charge on any atom is -0.507 e. The summed E-state index contributed by atoms with van der Waals surface area (Å²) in [4.78, 5) is 17.2. The molecule has 0 unspecified atom stereocenters. The van der Waals surface area contributed by atoms with E-state index in [2.05, 4.69) is 16.8 Å². The lowest BCUT2D eigenvalue weighted by Crippen LogP contribution is -2.45. The molecule has 3 aromatic rings. The number of fused-ring (bicyclic) bond motifs is 1. The van der Waals surface area contributed by atoms with Gasteiger partial charge in [-0.2, -0.15) is 0 Å². The van der Waals surface area contributed by atoms with Gasteiger partial charge in [0.1, 0.15) is 23.5 Å². The number of phenolic OH excluding ortho intramolecular Hbond substituents is 2. The van der Waals surface area contributed by atoms with Gasteiger partial charge in [0.2, 0.25) is 5.75 Å². The third-order valence-electron chi connectivity index (χ3n) is 5.22. The number of likely N-dealkylation sites (N-methyl/N-ethyl adjacent to an activating group) is 1. The van der Waals surface area contributed by atoms with Crippen LogP contribution in [0, 0.1) is 0 Å². The molecule has 1 aliphatic rings. The molecule has 1 aromatic heterocycles. The highest BCUT2D eigenvalue weighted by molar-refractivity contribution is 5.91. The molecule has 0 saturated carbocycles. The summed E-state index contributed by atoms with van der Waals surface area (Å²) in [6.45, 7) is 4.94. The van der Waals surface area contributed by atoms with Gasteiger partial charge < -0.3 is 24.3 Å². The molecule has 0 amide bonds. The van der Waals surface area contributed by atoms with Crippen molar-refractivity contribution in [2.75, 3.05) is 46.4 Å². The van der Waals surface area contributed by atoms with Crippen molar-refractivity contribution in [2.24, 2.45) is 0 Å². The third-order valence-corrected chi connectivity index (χ3v) is 5.22. The van der Waals surface area contributed by atoms with Crippen LogP contribution in [-0.2, 0) is 0 Å². The number of rotatable bonds is 5. The summed E-state index contributed by atoms with van der Waals surface area (Å²) < 4.78 is 11.7. The second kappa shape index (κ2) is 8.14. The zero-order chi connectivity index (χ0) is 20.4. The van der Waals surface area contributed by atoms with Gasteiger partial charge in [-0.3, -0.25) is 9.69 Å². The van der Waals surface area contributed by atoms with Crippen molar-refractivity contribution >= 4 is 11.0 Å². The molecule has 4 rings (SSSR count). The SMILES string of the molecule is CN1CCN(CCOc2c(O)cc(O)c3c(=O)cc(-c4ccccc4)oc23)CC1. The third kappa shape index (κ3) is 4.06. The van der Waals surface area contributed by atoms with E-state index >= 15 is 0 Å². The first-order valence-electron chi connectivity index (χ1n) is 9.65. The smallest absolute Gasteiger partial charge is 0.205 e. The Hall–Kier alpha value is -3.03. The van der Waals surface area contributed by atoms with Gasteiger partial charge in [0.15, 0.2) is 16.8 Å². The number of aromatic hydroxyl groups is 2. The van der Waals surface area contributed by atoms with E-state index in [1.54, 1.807) is 0 Å². The lowest BCUT2D eigenvalue weighted by molar-refractivity contribution is 0.133. The van der Waals surface area contributed by atoms with Gasteiger partial charge >= 0.3 is 0 Å². The Morgan fingerprint density at radius 3 is 2.48 bits per heavy atom. The number of nitrogens with zero attached hydrogens (tertiary/aromatic N) is 2. The molecule has 0 atom stereocenters. The molecule has 0 spiro atoms. The normalized spacial score (nSPS) is 15.6. The molecule has 1 fully saturated rings. The van der Waals surface area contributed by atoms with E-state index in [-0.39, 0.29) is 28.2 Å². The van der Waals surface area contributed by atoms with Gasteiger partial charge in [0.25, 0.3) is 0 Å². The lowest BCUT2D eigenvalue weighted by atomic mass is 10.1. The van der Waals surface area contributed by atoms with Crippen LogP contribution in [0.25, 0.3) is 22.3 Å². The minimum absolute atomic E-state index is 0.00271. The average Bonchev–Trinajstić information content (AvgIpc) is 2.71. The second-order valence-electron chi connectivity index (χ2n) is 7.28. The maximum atomic E-state index is 12.6. The van der Waals surface area contributed by atoms with Gasteiger partial charge in [-0.05, 0) is 7.05 Å². The van der Waals surface area contributed by atoms with E-state index in [9.17, 15) is 15.0 Å². The van der Waals surface area contributed by atoms with Crippen LogP contribution in [-0.4, -0.2) is 66.4 Å². The summed E-state index contributed by atoms with van der Waals surface area (Å²) in [7, 11) is 2.10. The monoisotopic (exact) mass is 396 g/mol. The van der Waals surface area contributed by atoms with Crippen LogP contribution in [0.4, 0.5) is 0 Å². The molecule has 0 bridgehead atoms. The van der Waals surface area contributed by atoms with Gasteiger partial charge in [0.05, 0.1) is 0 Å². The van der Waals surface area contributed by atoms with Gasteiger partial charge in [-0.1, -0.05) is 30.3 Å². The molecule has 2 heterocycles. The molecular weight excluding hydrogens is 372 g/mol. The molecule has 7 heteroatoms. The molecule has 0 radical (unpaired) electrons. The number of ether oxygens (including phenoxy) is 1. The first-order valence-corrected chi connectivity index (χ1v) is 9.65. The van der Waals surface area contributed by atoms with Crippen molar-refractivity contribution in [1.82, 2.24) is 9.80 Å². The van der Waals surface area contributed by atoms with Gasteiger partial charge in [-0.25, -0.2) is 0 Å². The first-order chi connectivity index (χ1) is 14.0. The van der Waals surface area contributed by atoms with E-state index in [0.717, 1.165) is 37.8 Å². The molecule has 29 heavy (non-hydrogen) atoms. The molecule has 7 nitrogen and oxygen atoms in total. The van der Waals surface area contributed by atoms with Crippen LogP contribution in [0.3, 0.4) is 0 Å². The first kappa shape index (κ1) is 19.3. The second-order valence-corrected chi connectivity index (χ2v) is 7.28. The molecule has 0 aliphatic carbocycles. The Bertz CT molecular complexity index is 1060. The Morgan fingerprint density at radius 2 is 1.76 bits per heavy atom. The van der Waals surface area contributed by atoms with Crippen LogP contribution in [0.15, 0.2) is 51.7 Å². The number of hydrogen-bond acceptors (Lipinski definition) is 7. The summed E-state index contributed by atoms with van der Waals surface area (Å²) in [5, 5.41) is 20.5. The van der Waals surface area contributed by atoms with Crippen LogP contribution in [0.5, 0.6) is 17.2 Å². The average molecular weight is 396 g/mol. The van der Waals surface area contributed by atoms with Crippen molar-refractivity contribution < 1.29 is 19.4 Å². The fourth-order valence-corrected chi connectivity index (χ4v) is 3.51. The van der Waals surface area contributed by atoms with Crippen LogP contribution >= 0.6 is 0 Å². The fourth-order valence-electron chi connectivity index (χ4n) is 3.51. The Balaban J connectivity index is 1.65. The Kier molecular flexibility index (Phi) is 5.42. The molecule has 1 aliphatic heterocycles. The van der Waals surface area contributed by atoms with Crippen molar-refractivity contribution in [2.45, 2.75) is 0 Å². The topological polar surface area (TPSA) is 86.4 Å². The maximum Gasteiger partial charge on any atom is 0.205 e. The van der Waals surface area contributed by atoms with E-state index in [1.807, 2.05) is 30.3 Å². The van der Waals surface area contributed by atoms with E-state index in [1.165, 1.54) is 6.07 Å². The molecule has 1 saturated heterocycles. The van der Waals surface area contributed by atoms with E-state index in [0.29, 0.717) is 18.9 Å². The summed E-state index contributed by atoms with van der Waals surface area (Å²) in [5.74, 6) is -0.183. The maximum absolute atomic E-state index is 12.6. The number of piperazine rings is 1. The number of hydrogen-bond donors (Lipinski definition) is 2. The predicted molar refractivity (Wildman–Crippen MR) is 111 cm³/mol. The lowest BCUT2D eigenvalue weighted by Gasteiger charge is -2.32. The highest BCUT2D eigenvalue weighted by atomic mass is 16.5. The Labute approximate surface area is 168 Å². The standard InChI is InChI=1S/C22H24N2O5/c1-23-7-9-24(10-8-23)11-12-28-21-18(27)13-16(25)20-17(26)14-19(29-22(20)21)15-5-3-2-4-6-15/h2-6,13-14,25,27H,7-12H2,1H3. The zero-order valence-electron chi connectivity index (χ0n) is 16.3. The van der Waals surface area contributed by atoms with Crippen LogP contribution in [0.1, 0.15) is 0 Å². The predicted octanol–water partition coefficient (Wildman–Crippen LogP) is 2.50. The quantitative estimate of drug-likeness (QED) is 0.685. The largest absolute Gasteiger partial charge is 0.507 e. The van der Waals surface area contributed by atoms with Gasteiger partial charge in [0, 0.05) is 50.4 Å². The number of benzene rings is 2. The van der Waals surface area contributed by atoms with E-state index in [4.69, 9.17) is 9.15 Å².